The number of hydrogen-bond donors (Lipinski definition) is 0. The third-order valence-corrected chi connectivity index (χ3v) is 4.73. The van der Waals surface area contributed by atoms with E-state index in [-0.39, 0.29) is 18.6 Å². The molecule has 3 heterocycles. The van der Waals surface area contributed by atoms with E-state index >= 15 is 0 Å². The molecule has 1 aliphatic heterocycles. The molecule has 4 rings (SSSR count). The Bertz CT molecular complexity index is 1140. The molecule has 0 aliphatic carbocycles. The zero-order valence-electron chi connectivity index (χ0n) is 15.8. The lowest BCUT2D eigenvalue weighted by molar-refractivity contribution is -0.144. The van der Waals surface area contributed by atoms with Crippen LogP contribution in [0.15, 0.2) is 41.3 Å². The van der Waals surface area contributed by atoms with Crippen LogP contribution in [0.4, 0.5) is 0 Å². The number of benzene rings is 1. The molecule has 150 valence electrons. The summed E-state index contributed by atoms with van der Waals surface area (Å²) in [5, 5.41) is 0.395. The van der Waals surface area contributed by atoms with Crippen LogP contribution in [0.1, 0.15) is 23.2 Å². The van der Waals surface area contributed by atoms with Gasteiger partial charge in [-0.15, -0.1) is 0 Å². The van der Waals surface area contributed by atoms with Gasteiger partial charge in [0.05, 0.1) is 30.4 Å². The van der Waals surface area contributed by atoms with Crippen LogP contribution in [0.3, 0.4) is 0 Å². The van der Waals surface area contributed by atoms with Crippen molar-refractivity contribution >= 4 is 23.2 Å². The number of pyridine rings is 1. The molecule has 2 aromatic heterocycles. The first-order chi connectivity index (χ1) is 14.0. The number of carbonyl (C=O) groups is 1. The van der Waals surface area contributed by atoms with Crippen molar-refractivity contribution in [2.75, 3.05) is 13.2 Å². The average Bonchev–Trinajstić information content (AvgIpc) is 2.93. The summed E-state index contributed by atoms with van der Waals surface area (Å²) in [6.45, 7) is 2.87. The van der Waals surface area contributed by atoms with Crippen molar-refractivity contribution in [1.82, 2.24) is 9.38 Å². The number of aryl methyl sites for hydroxylation is 1. The van der Waals surface area contributed by atoms with Crippen LogP contribution < -0.4 is 15.0 Å². The van der Waals surface area contributed by atoms with E-state index in [4.69, 9.17) is 25.8 Å². The Kier molecular flexibility index (Phi) is 5.40. The normalized spacial score (nSPS) is 13.2. The summed E-state index contributed by atoms with van der Waals surface area (Å²) in [6, 6.07) is 8.38. The van der Waals surface area contributed by atoms with Gasteiger partial charge in [-0.25, -0.2) is 4.98 Å². The SMILES string of the molecule is Cc1ccc2nc(COC(=O)Cc3cc(Cl)c4c(c3)OCCCO4)cc(=O)n2c1. The molecular weight excluding hydrogens is 396 g/mol. The standard InChI is InChI=1S/C21H19ClN2O5/c1-13-3-4-18-23-15(10-19(25)24(18)11-13)12-29-20(26)9-14-7-16(22)21-17(8-14)27-5-2-6-28-21/h3-4,7-8,10-11H,2,5-6,9,12H2,1H3. The number of fused-ring (bicyclic) bond motifs is 2. The summed E-state index contributed by atoms with van der Waals surface area (Å²) in [5.41, 5.74) is 2.28. The van der Waals surface area contributed by atoms with Crippen LogP contribution in [0.5, 0.6) is 11.5 Å². The van der Waals surface area contributed by atoms with E-state index in [9.17, 15) is 9.59 Å². The van der Waals surface area contributed by atoms with Gasteiger partial charge in [0.25, 0.3) is 5.56 Å². The maximum absolute atomic E-state index is 12.3. The number of rotatable bonds is 4. The van der Waals surface area contributed by atoms with Crippen LogP contribution in [-0.2, 0) is 22.6 Å². The summed E-state index contributed by atoms with van der Waals surface area (Å²) in [6.07, 6.45) is 2.50. The Morgan fingerprint density at radius 3 is 2.93 bits per heavy atom. The Balaban J connectivity index is 1.45. The third kappa shape index (κ3) is 4.35. The fourth-order valence-electron chi connectivity index (χ4n) is 3.09. The molecule has 0 saturated heterocycles. The summed E-state index contributed by atoms with van der Waals surface area (Å²) >= 11 is 6.26. The minimum Gasteiger partial charge on any atom is -0.489 e. The van der Waals surface area contributed by atoms with Crippen LogP contribution in [0, 0.1) is 6.92 Å². The molecule has 3 aromatic rings. The van der Waals surface area contributed by atoms with Gasteiger partial charge in [0, 0.05) is 18.7 Å². The zero-order valence-corrected chi connectivity index (χ0v) is 16.6. The van der Waals surface area contributed by atoms with E-state index in [1.54, 1.807) is 24.4 Å². The predicted molar refractivity (Wildman–Crippen MR) is 107 cm³/mol. The van der Waals surface area contributed by atoms with E-state index < -0.39 is 5.97 Å². The summed E-state index contributed by atoms with van der Waals surface area (Å²) in [7, 11) is 0. The molecule has 8 heteroatoms. The molecule has 7 nitrogen and oxygen atoms in total. The quantitative estimate of drug-likeness (QED) is 0.610. The first-order valence-electron chi connectivity index (χ1n) is 9.22. The van der Waals surface area contributed by atoms with Crippen LogP contribution >= 0.6 is 11.6 Å². The largest absolute Gasteiger partial charge is 0.489 e. The Labute approximate surface area is 171 Å². The highest BCUT2D eigenvalue weighted by atomic mass is 35.5. The molecule has 1 aliphatic rings. The molecule has 1 aromatic carbocycles. The minimum absolute atomic E-state index is 0.0160. The first-order valence-corrected chi connectivity index (χ1v) is 9.60. The lowest BCUT2D eigenvalue weighted by atomic mass is 10.1. The van der Waals surface area contributed by atoms with Crippen molar-refractivity contribution < 1.29 is 19.0 Å². The molecule has 0 saturated carbocycles. The lowest BCUT2D eigenvalue weighted by Crippen LogP contribution is -2.17. The van der Waals surface area contributed by atoms with Gasteiger partial charge in [-0.1, -0.05) is 17.7 Å². The highest BCUT2D eigenvalue weighted by Crippen LogP contribution is 2.38. The lowest BCUT2D eigenvalue weighted by Gasteiger charge is -2.11. The van der Waals surface area contributed by atoms with Crippen molar-refractivity contribution in [1.29, 1.82) is 0 Å². The van der Waals surface area contributed by atoms with E-state index in [1.165, 1.54) is 10.5 Å². The summed E-state index contributed by atoms with van der Waals surface area (Å²) in [5.74, 6) is 0.566. The van der Waals surface area contributed by atoms with Gasteiger partial charge in [-0.3, -0.25) is 14.0 Å². The molecule has 0 amide bonds. The number of carbonyl (C=O) groups excluding carboxylic acids is 1. The van der Waals surface area contributed by atoms with Crippen molar-refractivity contribution in [3.63, 3.8) is 0 Å². The Morgan fingerprint density at radius 2 is 2.07 bits per heavy atom. The fourth-order valence-corrected chi connectivity index (χ4v) is 3.38. The second-order valence-corrected chi connectivity index (χ2v) is 7.22. The maximum Gasteiger partial charge on any atom is 0.310 e. The minimum atomic E-state index is -0.457. The zero-order chi connectivity index (χ0) is 20.4. The van der Waals surface area contributed by atoms with Crippen molar-refractivity contribution in [2.24, 2.45) is 0 Å². The molecule has 0 unspecified atom stereocenters. The van der Waals surface area contributed by atoms with Gasteiger partial charge in [0.15, 0.2) is 11.5 Å². The molecule has 0 bridgehead atoms. The van der Waals surface area contributed by atoms with E-state index in [2.05, 4.69) is 4.98 Å². The van der Waals surface area contributed by atoms with Crippen molar-refractivity contribution in [2.45, 2.75) is 26.4 Å². The predicted octanol–water partition coefficient (Wildman–Crippen LogP) is 3.10. The maximum atomic E-state index is 12.3. The topological polar surface area (TPSA) is 79.1 Å². The monoisotopic (exact) mass is 414 g/mol. The average molecular weight is 415 g/mol. The highest BCUT2D eigenvalue weighted by molar-refractivity contribution is 6.32. The number of aromatic nitrogens is 2. The molecule has 0 fully saturated rings. The van der Waals surface area contributed by atoms with Crippen molar-refractivity contribution in [3.05, 3.63) is 68.7 Å². The van der Waals surface area contributed by atoms with Gasteiger partial charge in [0.2, 0.25) is 0 Å². The highest BCUT2D eigenvalue weighted by Gasteiger charge is 2.17. The fraction of sp³-hybridized carbons (Fsp3) is 0.286. The van der Waals surface area contributed by atoms with E-state index in [1.807, 2.05) is 13.0 Å². The molecule has 0 spiro atoms. The van der Waals surface area contributed by atoms with Gasteiger partial charge >= 0.3 is 5.97 Å². The second kappa shape index (κ2) is 8.13. The Morgan fingerprint density at radius 1 is 1.24 bits per heavy atom. The number of nitrogens with zero attached hydrogens (tertiary/aromatic N) is 2. The van der Waals surface area contributed by atoms with Gasteiger partial charge in [-0.2, -0.15) is 0 Å². The van der Waals surface area contributed by atoms with Crippen molar-refractivity contribution in [3.8, 4) is 11.5 Å². The molecule has 0 atom stereocenters. The van der Waals surface area contributed by atoms with Gasteiger partial charge in [0.1, 0.15) is 12.3 Å². The summed E-state index contributed by atoms with van der Waals surface area (Å²) in [4.78, 5) is 28.9. The van der Waals surface area contributed by atoms with Gasteiger partial charge in [-0.05, 0) is 36.2 Å². The molecule has 29 heavy (non-hydrogen) atoms. The van der Waals surface area contributed by atoms with E-state index in [0.717, 1.165) is 12.0 Å². The number of esters is 1. The molecule has 0 radical (unpaired) electrons. The second-order valence-electron chi connectivity index (χ2n) is 6.81. The summed E-state index contributed by atoms with van der Waals surface area (Å²) < 4.78 is 18.0. The van der Waals surface area contributed by atoms with Crippen LogP contribution in [0.25, 0.3) is 5.65 Å². The van der Waals surface area contributed by atoms with Crippen LogP contribution in [-0.4, -0.2) is 28.6 Å². The van der Waals surface area contributed by atoms with E-state index in [0.29, 0.717) is 46.6 Å². The number of halogens is 1. The first kappa shape index (κ1) is 19.3. The smallest absolute Gasteiger partial charge is 0.310 e. The molecular formula is C21H19ClN2O5. The number of hydrogen-bond acceptors (Lipinski definition) is 6. The van der Waals surface area contributed by atoms with Crippen LogP contribution in [0.2, 0.25) is 5.02 Å². The molecule has 0 N–H and O–H groups in total. The Hall–Kier alpha value is -3.06. The number of ether oxygens (including phenoxy) is 3. The van der Waals surface area contributed by atoms with Gasteiger partial charge < -0.3 is 14.2 Å². The third-order valence-electron chi connectivity index (χ3n) is 4.45.